The van der Waals surface area contributed by atoms with E-state index in [-0.39, 0.29) is 6.23 Å². The number of hydrogen-bond donors (Lipinski definition) is 2. The first-order valence-electron chi connectivity index (χ1n) is 8.19. The fourth-order valence-electron chi connectivity index (χ4n) is 2.67. The molecule has 0 bridgehead atoms. The fraction of sp³-hybridized carbons (Fsp3) is 1.00. The van der Waals surface area contributed by atoms with Gasteiger partial charge in [-0.2, -0.15) is 0 Å². The van der Waals surface area contributed by atoms with E-state index in [0.717, 1.165) is 18.9 Å². The summed E-state index contributed by atoms with van der Waals surface area (Å²) in [4.78, 5) is 0. The largest absolute Gasteiger partial charge is 0.389 e. The summed E-state index contributed by atoms with van der Waals surface area (Å²) in [5.41, 5.74) is 0. The Labute approximate surface area is 119 Å². The molecule has 0 heterocycles. The third-order valence-corrected chi connectivity index (χ3v) is 4.28. The van der Waals surface area contributed by atoms with E-state index < -0.39 is 6.10 Å². The summed E-state index contributed by atoms with van der Waals surface area (Å²) in [6.07, 6.45) is 9.31. The maximum atomic E-state index is 9.81. The van der Waals surface area contributed by atoms with Crippen molar-refractivity contribution in [3.05, 3.63) is 0 Å². The van der Waals surface area contributed by atoms with E-state index >= 15 is 0 Å². The van der Waals surface area contributed by atoms with Crippen molar-refractivity contribution in [2.45, 2.75) is 90.5 Å². The van der Waals surface area contributed by atoms with Crippen molar-refractivity contribution in [2.75, 3.05) is 6.61 Å². The second-order valence-corrected chi connectivity index (χ2v) is 6.19. The number of rotatable bonds is 9. The minimum absolute atomic E-state index is 0.194. The van der Waals surface area contributed by atoms with Crippen LogP contribution in [-0.4, -0.2) is 30.1 Å². The van der Waals surface area contributed by atoms with Crippen molar-refractivity contribution in [1.82, 2.24) is 5.32 Å². The molecule has 19 heavy (non-hydrogen) atoms. The average Bonchev–Trinajstić information content (AvgIpc) is 2.42. The Balaban J connectivity index is 2.20. The summed E-state index contributed by atoms with van der Waals surface area (Å²) in [6, 6.07) is 0.530. The molecule has 2 N–H and O–H groups in total. The summed E-state index contributed by atoms with van der Waals surface area (Å²) in [5, 5.41) is 13.3. The van der Waals surface area contributed by atoms with Crippen LogP contribution in [0.1, 0.15) is 72.1 Å². The molecule has 1 aliphatic rings. The van der Waals surface area contributed by atoms with Crippen molar-refractivity contribution in [1.29, 1.82) is 0 Å². The summed E-state index contributed by atoms with van der Waals surface area (Å²) >= 11 is 0. The molecule has 0 spiro atoms. The molecule has 1 saturated carbocycles. The van der Waals surface area contributed by atoms with Gasteiger partial charge in [-0.1, -0.05) is 39.5 Å². The summed E-state index contributed by atoms with van der Waals surface area (Å²) in [7, 11) is 0. The van der Waals surface area contributed by atoms with Crippen LogP contribution in [-0.2, 0) is 4.74 Å². The molecule has 0 amide bonds. The predicted octanol–water partition coefficient (Wildman–Crippen LogP) is 3.46. The molecular weight excluding hydrogens is 238 g/mol. The minimum Gasteiger partial charge on any atom is -0.389 e. The van der Waals surface area contributed by atoms with Crippen LogP contribution >= 0.6 is 0 Å². The highest BCUT2D eigenvalue weighted by molar-refractivity contribution is 4.75. The molecule has 114 valence electrons. The van der Waals surface area contributed by atoms with Gasteiger partial charge in [0.15, 0.2) is 0 Å². The Morgan fingerprint density at radius 2 is 1.89 bits per heavy atom. The lowest BCUT2D eigenvalue weighted by Gasteiger charge is -2.30. The first-order valence-corrected chi connectivity index (χ1v) is 8.19. The lowest BCUT2D eigenvalue weighted by Crippen LogP contribution is -2.47. The minimum atomic E-state index is -0.439. The quantitative estimate of drug-likeness (QED) is 0.498. The lowest BCUT2D eigenvalue weighted by atomic mass is 9.95. The first-order chi connectivity index (χ1) is 9.13. The van der Waals surface area contributed by atoms with E-state index in [1.54, 1.807) is 0 Å². The van der Waals surface area contributed by atoms with Crippen LogP contribution in [0.5, 0.6) is 0 Å². The van der Waals surface area contributed by atoms with E-state index in [1.807, 2.05) is 6.92 Å². The third kappa shape index (κ3) is 7.28. The molecule has 0 saturated heterocycles. The summed E-state index contributed by atoms with van der Waals surface area (Å²) in [6.45, 7) is 7.08. The highest BCUT2D eigenvalue weighted by Gasteiger charge is 2.21. The molecule has 3 atom stereocenters. The second-order valence-electron chi connectivity index (χ2n) is 6.19. The van der Waals surface area contributed by atoms with Gasteiger partial charge < -0.3 is 9.84 Å². The molecule has 3 unspecified atom stereocenters. The van der Waals surface area contributed by atoms with Crippen molar-refractivity contribution in [3.8, 4) is 0 Å². The van der Waals surface area contributed by atoms with Gasteiger partial charge in [0.1, 0.15) is 6.23 Å². The van der Waals surface area contributed by atoms with Gasteiger partial charge in [0, 0.05) is 12.6 Å². The van der Waals surface area contributed by atoms with Gasteiger partial charge in [-0.25, -0.2) is 0 Å². The van der Waals surface area contributed by atoms with Gasteiger partial charge in [0.05, 0.1) is 6.10 Å². The van der Waals surface area contributed by atoms with E-state index in [4.69, 9.17) is 4.74 Å². The van der Waals surface area contributed by atoms with E-state index in [1.165, 1.54) is 44.9 Å². The van der Waals surface area contributed by atoms with Gasteiger partial charge in [-0.05, 0) is 38.5 Å². The maximum Gasteiger partial charge on any atom is 0.134 e. The van der Waals surface area contributed by atoms with Gasteiger partial charge in [-0.3, -0.25) is 5.32 Å². The molecule has 0 aliphatic heterocycles. The smallest absolute Gasteiger partial charge is 0.134 e. The zero-order chi connectivity index (χ0) is 14.1. The Morgan fingerprint density at radius 1 is 1.21 bits per heavy atom. The van der Waals surface area contributed by atoms with Crippen LogP contribution in [0.4, 0.5) is 0 Å². The topological polar surface area (TPSA) is 41.5 Å². The van der Waals surface area contributed by atoms with Crippen LogP contribution in [0.15, 0.2) is 0 Å². The van der Waals surface area contributed by atoms with Crippen LogP contribution in [0.3, 0.4) is 0 Å². The molecular formula is C16H33NO2. The van der Waals surface area contributed by atoms with Crippen LogP contribution in [0, 0.1) is 5.92 Å². The van der Waals surface area contributed by atoms with E-state index in [0.29, 0.717) is 6.04 Å². The van der Waals surface area contributed by atoms with Crippen molar-refractivity contribution >= 4 is 0 Å². The normalized spacial score (nSPS) is 22.1. The Kier molecular flexibility index (Phi) is 8.67. The zero-order valence-electron chi connectivity index (χ0n) is 13.0. The highest BCUT2D eigenvalue weighted by Crippen LogP contribution is 2.18. The second kappa shape index (κ2) is 9.73. The SMILES string of the molecule is CCC(C)CCCOC(NC1CCCCC1)C(C)O. The molecule has 0 aromatic heterocycles. The maximum absolute atomic E-state index is 9.81. The number of hydrogen-bond acceptors (Lipinski definition) is 3. The highest BCUT2D eigenvalue weighted by atomic mass is 16.5. The number of nitrogens with one attached hydrogen (secondary N) is 1. The zero-order valence-corrected chi connectivity index (χ0v) is 13.0. The molecule has 1 aliphatic carbocycles. The van der Waals surface area contributed by atoms with Crippen LogP contribution in [0.2, 0.25) is 0 Å². The Bertz CT molecular complexity index is 215. The van der Waals surface area contributed by atoms with E-state index in [2.05, 4.69) is 19.2 Å². The summed E-state index contributed by atoms with van der Waals surface area (Å²) < 4.78 is 5.84. The monoisotopic (exact) mass is 271 g/mol. The van der Waals surface area contributed by atoms with Gasteiger partial charge in [0.2, 0.25) is 0 Å². The standard InChI is InChI=1S/C16H33NO2/c1-4-13(2)9-8-12-19-16(14(3)18)17-15-10-6-5-7-11-15/h13-18H,4-12H2,1-3H3. The molecule has 1 fully saturated rings. The van der Waals surface area contributed by atoms with E-state index in [9.17, 15) is 5.11 Å². The van der Waals surface area contributed by atoms with Gasteiger partial charge in [-0.15, -0.1) is 0 Å². The summed E-state index contributed by atoms with van der Waals surface area (Å²) in [5.74, 6) is 0.778. The third-order valence-electron chi connectivity index (χ3n) is 4.28. The number of aliphatic hydroxyl groups is 1. The van der Waals surface area contributed by atoms with Gasteiger partial charge >= 0.3 is 0 Å². The van der Waals surface area contributed by atoms with Gasteiger partial charge in [0.25, 0.3) is 0 Å². The van der Waals surface area contributed by atoms with Crippen molar-refractivity contribution in [3.63, 3.8) is 0 Å². The van der Waals surface area contributed by atoms with Crippen molar-refractivity contribution < 1.29 is 9.84 Å². The lowest BCUT2D eigenvalue weighted by molar-refractivity contribution is -0.0578. The Hall–Kier alpha value is -0.120. The van der Waals surface area contributed by atoms with Crippen LogP contribution < -0.4 is 5.32 Å². The molecule has 3 heteroatoms. The Morgan fingerprint density at radius 3 is 2.47 bits per heavy atom. The van der Waals surface area contributed by atoms with Crippen LogP contribution in [0.25, 0.3) is 0 Å². The van der Waals surface area contributed by atoms with Crippen molar-refractivity contribution in [2.24, 2.45) is 5.92 Å². The average molecular weight is 271 g/mol. The number of ether oxygens (including phenoxy) is 1. The molecule has 0 radical (unpaired) electrons. The fourth-order valence-corrected chi connectivity index (χ4v) is 2.67. The first kappa shape index (κ1) is 16.9. The molecule has 0 aromatic carbocycles. The predicted molar refractivity (Wildman–Crippen MR) is 80.1 cm³/mol. The molecule has 1 rings (SSSR count). The molecule has 0 aromatic rings. The molecule has 3 nitrogen and oxygen atoms in total. The number of aliphatic hydroxyl groups excluding tert-OH is 1.